The Morgan fingerprint density at radius 1 is 1.13 bits per heavy atom. The van der Waals surface area contributed by atoms with Crippen LogP contribution in [0.1, 0.15) is 50.2 Å². The van der Waals surface area contributed by atoms with E-state index in [0.29, 0.717) is 24.1 Å². The van der Waals surface area contributed by atoms with Crippen LogP contribution in [0.4, 0.5) is 0 Å². The fourth-order valence-corrected chi connectivity index (χ4v) is 4.09. The number of nitrogens with zero attached hydrogens (tertiary/aromatic N) is 2. The van der Waals surface area contributed by atoms with Gasteiger partial charge in [-0.15, -0.1) is 0 Å². The third kappa shape index (κ3) is 3.47. The van der Waals surface area contributed by atoms with Gasteiger partial charge in [-0.3, -0.25) is 24.1 Å². The minimum absolute atomic E-state index is 0.180. The molecule has 2 aliphatic heterocycles. The third-order valence-corrected chi connectivity index (χ3v) is 5.81. The fraction of sp³-hybridized carbons (Fsp3) is 0.304. The lowest BCUT2D eigenvalue weighted by molar-refractivity contribution is -0.150. The van der Waals surface area contributed by atoms with Crippen LogP contribution in [0.3, 0.4) is 0 Å². The summed E-state index contributed by atoms with van der Waals surface area (Å²) >= 11 is 0. The first-order chi connectivity index (χ1) is 14.4. The molecular weight excluding hydrogens is 382 g/mol. The Kier molecular flexibility index (Phi) is 5.11. The van der Waals surface area contributed by atoms with Crippen molar-refractivity contribution in [1.82, 2.24) is 15.1 Å². The quantitative estimate of drug-likeness (QED) is 0.789. The Morgan fingerprint density at radius 2 is 1.90 bits per heavy atom. The standard InChI is InChI=1S/C23H23N3O4/c1-14-5-3-6-15(11-14)21(28)24-12-16-7-4-8-17-18(16)13-26(22(17)29)19-9-10-20(27)25(2)23(19)30/h3-8,11,19H,9-10,12-13H2,1-2H3,(H,24,28). The SMILES string of the molecule is Cc1cccc(C(=O)NCc2cccc3c2CN(C2CCC(=O)N(C)C2=O)C3=O)c1. The summed E-state index contributed by atoms with van der Waals surface area (Å²) < 4.78 is 0. The number of nitrogens with one attached hydrogen (secondary N) is 1. The molecule has 0 saturated carbocycles. The van der Waals surface area contributed by atoms with Crippen molar-refractivity contribution in [2.75, 3.05) is 7.05 Å². The van der Waals surface area contributed by atoms with E-state index in [0.717, 1.165) is 21.6 Å². The number of benzene rings is 2. The molecule has 30 heavy (non-hydrogen) atoms. The van der Waals surface area contributed by atoms with Crippen LogP contribution in [-0.2, 0) is 22.7 Å². The number of likely N-dealkylation sites (N-methyl/N-ethyl adjacent to an activating group) is 1. The van der Waals surface area contributed by atoms with Gasteiger partial charge < -0.3 is 10.2 Å². The molecule has 1 fully saturated rings. The maximum Gasteiger partial charge on any atom is 0.255 e. The second-order valence-corrected chi connectivity index (χ2v) is 7.77. The van der Waals surface area contributed by atoms with E-state index in [1.165, 1.54) is 7.05 Å². The Morgan fingerprint density at radius 3 is 2.67 bits per heavy atom. The number of imide groups is 1. The molecule has 0 radical (unpaired) electrons. The van der Waals surface area contributed by atoms with E-state index in [1.54, 1.807) is 23.1 Å². The van der Waals surface area contributed by atoms with Gasteiger partial charge in [-0.1, -0.05) is 29.8 Å². The molecule has 0 bridgehead atoms. The summed E-state index contributed by atoms with van der Waals surface area (Å²) in [5.41, 5.74) is 3.80. The second kappa shape index (κ2) is 7.74. The Labute approximate surface area is 174 Å². The van der Waals surface area contributed by atoms with Crippen LogP contribution in [0.2, 0.25) is 0 Å². The van der Waals surface area contributed by atoms with Crippen LogP contribution in [0.25, 0.3) is 0 Å². The van der Waals surface area contributed by atoms with E-state index < -0.39 is 6.04 Å². The molecule has 4 rings (SSSR count). The first-order valence-electron chi connectivity index (χ1n) is 9.94. The molecule has 2 aliphatic rings. The highest BCUT2D eigenvalue weighted by Crippen LogP contribution is 2.30. The van der Waals surface area contributed by atoms with Crippen LogP contribution < -0.4 is 5.32 Å². The van der Waals surface area contributed by atoms with Gasteiger partial charge in [0.15, 0.2) is 0 Å². The highest BCUT2D eigenvalue weighted by molar-refractivity contribution is 6.05. The van der Waals surface area contributed by atoms with Gasteiger partial charge in [0, 0.05) is 37.7 Å². The summed E-state index contributed by atoms with van der Waals surface area (Å²) in [6.07, 6.45) is 0.577. The number of hydrogen-bond donors (Lipinski definition) is 1. The van der Waals surface area contributed by atoms with Gasteiger partial charge in [-0.25, -0.2) is 0 Å². The van der Waals surface area contributed by atoms with E-state index in [4.69, 9.17) is 0 Å². The molecule has 1 N–H and O–H groups in total. The zero-order chi connectivity index (χ0) is 21.4. The van der Waals surface area contributed by atoms with Crippen LogP contribution in [0, 0.1) is 6.92 Å². The van der Waals surface area contributed by atoms with Crippen molar-refractivity contribution in [3.63, 3.8) is 0 Å². The normalized spacial score (nSPS) is 18.6. The van der Waals surface area contributed by atoms with E-state index >= 15 is 0 Å². The van der Waals surface area contributed by atoms with Crippen LogP contribution in [-0.4, -0.2) is 46.5 Å². The number of piperidine rings is 1. The number of aryl methyl sites for hydroxylation is 1. The van der Waals surface area contributed by atoms with Gasteiger partial charge in [0.25, 0.3) is 17.7 Å². The van der Waals surface area contributed by atoms with E-state index in [-0.39, 0.29) is 36.6 Å². The van der Waals surface area contributed by atoms with Crippen molar-refractivity contribution in [3.05, 3.63) is 70.3 Å². The number of amides is 4. The van der Waals surface area contributed by atoms with E-state index in [2.05, 4.69) is 5.32 Å². The number of hydrogen-bond acceptors (Lipinski definition) is 4. The molecule has 4 amide bonds. The van der Waals surface area contributed by atoms with Crippen molar-refractivity contribution < 1.29 is 19.2 Å². The van der Waals surface area contributed by atoms with Crippen LogP contribution >= 0.6 is 0 Å². The van der Waals surface area contributed by atoms with Crippen molar-refractivity contribution in [2.24, 2.45) is 0 Å². The number of likely N-dealkylation sites (tertiary alicyclic amines) is 1. The first kappa shape index (κ1) is 19.8. The lowest BCUT2D eigenvalue weighted by Gasteiger charge is -2.33. The predicted octanol–water partition coefficient (Wildman–Crippen LogP) is 2.03. The number of carbonyl (C=O) groups excluding carboxylic acids is 4. The molecule has 2 aromatic carbocycles. The summed E-state index contributed by atoms with van der Waals surface area (Å²) in [7, 11) is 1.46. The molecule has 0 spiro atoms. The molecule has 1 unspecified atom stereocenters. The van der Waals surface area contributed by atoms with Crippen molar-refractivity contribution in [3.8, 4) is 0 Å². The molecule has 1 atom stereocenters. The fourth-order valence-electron chi connectivity index (χ4n) is 4.09. The molecular formula is C23H23N3O4. The Balaban J connectivity index is 1.51. The Hall–Kier alpha value is -3.48. The lowest BCUT2D eigenvalue weighted by atomic mass is 10.0. The van der Waals surface area contributed by atoms with Gasteiger partial charge in [-0.2, -0.15) is 0 Å². The van der Waals surface area contributed by atoms with Gasteiger partial charge >= 0.3 is 0 Å². The summed E-state index contributed by atoms with van der Waals surface area (Å²) in [5.74, 6) is -0.959. The van der Waals surface area contributed by atoms with Gasteiger partial charge in [0.05, 0.1) is 0 Å². The smallest absolute Gasteiger partial charge is 0.255 e. The zero-order valence-corrected chi connectivity index (χ0v) is 17.0. The van der Waals surface area contributed by atoms with Crippen LogP contribution in [0.15, 0.2) is 42.5 Å². The molecule has 7 heteroatoms. The maximum atomic E-state index is 13.0. The van der Waals surface area contributed by atoms with E-state index in [9.17, 15) is 19.2 Å². The Bertz CT molecular complexity index is 1060. The van der Waals surface area contributed by atoms with Gasteiger partial charge in [0.2, 0.25) is 5.91 Å². The van der Waals surface area contributed by atoms with Gasteiger partial charge in [0.1, 0.15) is 6.04 Å². The predicted molar refractivity (Wildman–Crippen MR) is 109 cm³/mol. The average Bonchev–Trinajstić information content (AvgIpc) is 3.07. The van der Waals surface area contributed by atoms with Gasteiger partial charge in [-0.05, 0) is 42.7 Å². The second-order valence-electron chi connectivity index (χ2n) is 7.77. The highest BCUT2D eigenvalue weighted by atomic mass is 16.2. The third-order valence-electron chi connectivity index (χ3n) is 5.81. The van der Waals surface area contributed by atoms with Crippen LogP contribution in [0.5, 0.6) is 0 Å². The summed E-state index contributed by atoms with van der Waals surface area (Å²) in [4.78, 5) is 52.4. The monoisotopic (exact) mass is 405 g/mol. The molecule has 7 nitrogen and oxygen atoms in total. The molecule has 2 aromatic rings. The molecule has 0 aliphatic carbocycles. The number of rotatable bonds is 4. The van der Waals surface area contributed by atoms with Crippen molar-refractivity contribution >= 4 is 23.6 Å². The molecule has 2 heterocycles. The average molecular weight is 405 g/mol. The number of fused-ring (bicyclic) bond motifs is 1. The topological polar surface area (TPSA) is 86.8 Å². The zero-order valence-electron chi connectivity index (χ0n) is 17.0. The number of carbonyl (C=O) groups is 4. The summed E-state index contributed by atoms with van der Waals surface area (Å²) in [6.45, 7) is 2.51. The molecule has 154 valence electrons. The minimum Gasteiger partial charge on any atom is -0.348 e. The van der Waals surface area contributed by atoms with Crippen molar-refractivity contribution in [1.29, 1.82) is 0 Å². The largest absolute Gasteiger partial charge is 0.348 e. The van der Waals surface area contributed by atoms with E-state index in [1.807, 2.05) is 31.2 Å². The van der Waals surface area contributed by atoms with Crippen molar-refractivity contribution in [2.45, 2.75) is 38.9 Å². The summed E-state index contributed by atoms with van der Waals surface area (Å²) in [5, 5.41) is 2.91. The summed E-state index contributed by atoms with van der Waals surface area (Å²) in [6, 6.07) is 12.1. The highest BCUT2D eigenvalue weighted by Gasteiger charge is 2.41. The molecule has 0 aromatic heterocycles. The first-order valence-corrected chi connectivity index (χ1v) is 9.94. The lowest BCUT2D eigenvalue weighted by Crippen LogP contribution is -2.53. The molecule has 1 saturated heterocycles. The minimum atomic E-state index is -0.637. The maximum absolute atomic E-state index is 13.0.